The molecule has 0 aliphatic rings. The number of likely N-dealkylation sites (N-methyl/N-ethyl adjacent to an activating group) is 1. The Hall–Kier alpha value is -1.51. The lowest BCUT2D eigenvalue weighted by atomic mass is 10.1. The average molecular weight is 730 g/mol. The van der Waals surface area contributed by atoms with Crippen LogP contribution in [0.2, 0.25) is 0 Å². The zero-order valence-corrected chi connectivity index (χ0v) is 33.7. The zero-order valence-electron chi connectivity index (χ0n) is 32.8. The van der Waals surface area contributed by atoms with Gasteiger partial charge in [0.25, 0.3) is 7.82 Å². The number of nitrogens with zero attached hydrogens (tertiary/aromatic N) is 1. The number of phosphoric ester groups is 1. The van der Waals surface area contributed by atoms with Gasteiger partial charge in [0.05, 0.1) is 27.7 Å². The van der Waals surface area contributed by atoms with Gasteiger partial charge in [0.2, 0.25) is 0 Å². The highest BCUT2D eigenvalue weighted by Crippen LogP contribution is 2.38. The van der Waals surface area contributed by atoms with Crippen molar-refractivity contribution in [1.29, 1.82) is 0 Å². The van der Waals surface area contributed by atoms with E-state index < -0.39 is 32.5 Å². The van der Waals surface area contributed by atoms with Crippen LogP contribution in [-0.2, 0) is 32.7 Å². The molecule has 50 heavy (non-hydrogen) atoms. The Bertz CT molecular complexity index is 918. The van der Waals surface area contributed by atoms with Gasteiger partial charge in [0.1, 0.15) is 19.8 Å². The van der Waals surface area contributed by atoms with Crippen LogP contribution in [0.15, 0.2) is 24.3 Å². The fourth-order valence-electron chi connectivity index (χ4n) is 5.23. The Kier molecular flexibility index (Phi) is 32.3. The Morgan fingerprint density at radius 3 is 1.52 bits per heavy atom. The van der Waals surface area contributed by atoms with Gasteiger partial charge in [-0.05, 0) is 64.2 Å². The molecule has 0 fully saturated rings. The number of hydrogen-bond acceptors (Lipinski definition) is 8. The van der Waals surface area contributed by atoms with Crippen LogP contribution >= 0.6 is 7.82 Å². The van der Waals surface area contributed by atoms with Crippen LogP contribution in [0.4, 0.5) is 0 Å². The molecule has 0 amide bonds. The van der Waals surface area contributed by atoms with Gasteiger partial charge in [0.15, 0.2) is 6.10 Å². The second-order valence-electron chi connectivity index (χ2n) is 14.6. The third kappa shape index (κ3) is 36.3. The van der Waals surface area contributed by atoms with Crippen molar-refractivity contribution >= 4 is 19.8 Å². The molecule has 0 radical (unpaired) electrons. The number of esters is 2. The van der Waals surface area contributed by atoms with Crippen molar-refractivity contribution in [2.45, 2.75) is 174 Å². The fourth-order valence-corrected chi connectivity index (χ4v) is 5.96. The molecule has 0 aliphatic heterocycles. The van der Waals surface area contributed by atoms with Gasteiger partial charge in [-0.1, -0.05) is 115 Å². The largest absolute Gasteiger partial charge is 0.756 e. The SMILES string of the molecule is CCCCC/C=C/CCCCCCCC(=O)OC[C@H](COP(=O)([O-])OCC[N+](C)(C)C)OC(=O)CCCCCCC/C=C/CCCCCCC. The van der Waals surface area contributed by atoms with Crippen LogP contribution in [0.5, 0.6) is 0 Å². The van der Waals surface area contributed by atoms with Gasteiger partial charge in [-0.15, -0.1) is 0 Å². The number of quaternary nitrogens is 1. The van der Waals surface area contributed by atoms with Gasteiger partial charge in [-0.3, -0.25) is 14.2 Å². The molecule has 0 rings (SSSR count). The van der Waals surface area contributed by atoms with E-state index in [1.54, 1.807) is 0 Å². The Balaban J connectivity index is 4.44. The summed E-state index contributed by atoms with van der Waals surface area (Å²) in [5, 5.41) is 0. The van der Waals surface area contributed by atoms with Crippen LogP contribution < -0.4 is 4.89 Å². The minimum atomic E-state index is -4.62. The van der Waals surface area contributed by atoms with E-state index in [0.29, 0.717) is 17.4 Å². The number of allylic oxidation sites excluding steroid dienone is 4. The highest BCUT2D eigenvalue weighted by atomic mass is 31.2. The summed E-state index contributed by atoms with van der Waals surface area (Å²) in [5.74, 6) is -0.855. The molecule has 2 atom stereocenters. The minimum absolute atomic E-state index is 0.0329. The van der Waals surface area contributed by atoms with Crippen LogP contribution in [0.25, 0.3) is 0 Å². The summed E-state index contributed by atoms with van der Waals surface area (Å²) < 4.78 is 33.8. The van der Waals surface area contributed by atoms with Crippen molar-refractivity contribution in [1.82, 2.24) is 0 Å². The van der Waals surface area contributed by atoms with Crippen molar-refractivity contribution < 1.29 is 42.1 Å². The predicted octanol–water partition coefficient (Wildman–Crippen LogP) is 10.2. The maximum atomic E-state index is 12.6. The summed E-state index contributed by atoms with van der Waals surface area (Å²) in [6.07, 6.45) is 33.4. The maximum Gasteiger partial charge on any atom is 0.306 e. The molecule has 0 aliphatic carbocycles. The van der Waals surface area contributed by atoms with Gasteiger partial charge in [0, 0.05) is 12.8 Å². The van der Waals surface area contributed by atoms with Crippen molar-refractivity contribution in [2.24, 2.45) is 0 Å². The third-order valence-corrected chi connectivity index (χ3v) is 9.41. The molecule has 0 aromatic rings. The molecule has 0 N–H and O–H groups in total. The van der Waals surface area contributed by atoms with E-state index in [0.717, 1.165) is 70.6 Å². The highest BCUT2D eigenvalue weighted by molar-refractivity contribution is 7.45. The summed E-state index contributed by atoms with van der Waals surface area (Å²) in [6, 6.07) is 0. The first kappa shape index (κ1) is 48.5. The topological polar surface area (TPSA) is 111 Å². The standard InChI is InChI=1S/C40H76NO8P/c1-6-8-10-12-14-16-18-20-21-23-25-27-29-31-33-40(43)49-38(37-48-50(44,45)47-35-34-41(3,4)5)36-46-39(42)32-30-28-26-24-22-19-17-15-13-11-9-7-2/h15,17-18,20,38H,6-14,16,19,21-37H2,1-5H3/b17-15+,20-18+/t38-/m1/s1. The molecule has 1 unspecified atom stereocenters. The lowest BCUT2D eigenvalue weighted by Gasteiger charge is -2.28. The van der Waals surface area contributed by atoms with E-state index in [1.807, 2.05) is 21.1 Å². The van der Waals surface area contributed by atoms with E-state index in [-0.39, 0.29) is 26.1 Å². The molecule has 0 aromatic heterocycles. The second-order valence-corrected chi connectivity index (χ2v) is 16.1. The van der Waals surface area contributed by atoms with Crippen LogP contribution in [0.3, 0.4) is 0 Å². The molecule has 0 spiro atoms. The van der Waals surface area contributed by atoms with Gasteiger partial charge < -0.3 is 27.9 Å². The van der Waals surface area contributed by atoms with Crippen molar-refractivity contribution in [3.63, 3.8) is 0 Å². The average Bonchev–Trinajstić information content (AvgIpc) is 3.06. The number of carbonyl (C=O) groups is 2. The van der Waals surface area contributed by atoms with E-state index >= 15 is 0 Å². The molecule has 0 saturated carbocycles. The monoisotopic (exact) mass is 730 g/mol. The van der Waals surface area contributed by atoms with Gasteiger partial charge >= 0.3 is 11.9 Å². The maximum absolute atomic E-state index is 12.6. The number of rotatable bonds is 36. The molecule has 0 heterocycles. The first-order valence-corrected chi connectivity index (χ1v) is 21.5. The Morgan fingerprint density at radius 2 is 1.02 bits per heavy atom. The summed E-state index contributed by atoms with van der Waals surface area (Å²) in [7, 11) is 1.15. The molecule has 10 heteroatoms. The van der Waals surface area contributed by atoms with Crippen molar-refractivity contribution in [3.8, 4) is 0 Å². The molecule has 9 nitrogen and oxygen atoms in total. The van der Waals surface area contributed by atoms with E-state index in [4.69, 9.17) is 18.5 Å². The Labute approximate surface area is 307 Å². The Morgan fingerprint density at radius 1 is 0.600 bits per heavy atom. The molecule has 0 aromatic carbocycles. The lowest BCUT2D eigenvalue weighted by molar-refractivity contribution is -0.870. The zero-order chi connectivity index (χ0) is 37.2. The summed E-state index contributed by atoms with van der Waals surface area (Å²) >= 11 is 0. The van der Waals surface area contributed by atoms with Crippen LogP contribution in [-0.4, -0.2) is 70.0 Å². The minimum Gasteiger partial charge on any atom is -0.756 e. The summed E-state index contributed by atoms with van der Waals surface area (Å²) in [5.41, 5.74) is 0. The van der Waals surface area contributed by atoms with Crippen LogP contribution in [0.1, 0.15) is 168 Å². The second kappa shape index (κ2) is 33.3. The number of carbonyl (C=O) groups excluding carboxylic acids is 2. The van der Waals surface area contributed by atoms with Crippen molar-refractivity contribution in [2.75, 3.05) is 47.5 Å². The predicted molar refractivity (Wildman–Crippen MR) is 204 cm³/mol. The lowest BCUT2D eigenvalue weighted by Crippen LogP contribution is -2.37. The quantitative estimate of drug-likeness (QED) is 0.0206. The normalized spacial score (nSPS) is 14.0. The van der Waals surface area contributed by atoms with E-state index in [9.17, 15) is 19.0 Å². The van der Waals surface area contributed by atoms with Gasteiger partial charge in [-0.25, -0.2) is 0 Å². The number of ether oxygens (including phenoxy) is 2. The molecule has 294 valence electrons. The smallest absolute Gasteiger partial charge is 0.306 e. The number of unbranched alkanes of at least 4 members (excludes halogenated alkanes) is 18. The third-order valence-electron chi connectivity index (χ3n) is 8.44. The molecule has 0 saturated heterocycles. The van der Waals surface area contributed by atoms with Crippen molar-refractivity contribution in [3.05, 3.63) is 24.3 Å². The van der Waals surface area contributed by atoms with Gasteiger partial charge in [-0.2, -0.15) is 0 Å². The molecular formula is C40H76NO8P. The molecular weight excluding hydrogens is 653 g/mol. The van der Waals surface area contributed by atoms with E-state index in [2.05, 4.69) is 38.2 Å². The molecule has 0 bridgehead atoms. The van der Waals surface area contributed by atoms with E-state index in [1.165, 1.54) is 64.2 Å². The summed E-state index contributed by atoms with van der Waals surface area (Å²) in [6.45, 7) is 4.16. The number of phosphoric acid groups is 1. The number of hydrogen-bond donors (Lipinski definition) is 0. The highest BCUT2D eigenvalue weighted by Gasteiger charge is 2.21. The fraction of sp³-hybridized carbons (Fsp3) is 0.850. The summed E-state index contributed by atoms with van der Waals surface area (Å²) in [4.78, 5) is 37.3. The first-order chi connectivity index (χ1) is 24.0. The van der Waals surface area contributed by atoms with Crippen LogP contribution in [0, 0.1) is 0 Å². The first-order valence-electron chi connectivity index (χ1n) is 20.0.